The van der Waals surface area contributed by atoms with Gasteiger partial charge in [-0.15, -0.1) is 0 Å². The van der Waals surface area contributed by atoms with Gasteiger partial charge < -0.3 is 18.6 Å². The van der Waals surface area contributed by atoms with E-state index in [0.29, 0.717) is 16.9 Å². The molecule has 1 saturated heterocycles. The Balaban J connectivity index is 2.11. The van der Waals surface area contributed by atoms with Crippen molar-refractivity contribution in [2.75, 3.05) is 13.1 Å². The van der Waals surface area contributed by atoms with Crippen LogP contribution in [0.4, 0.5) is 18.0 Å². The van der Waals surface area contributed by atoms with Crippen LogP contribution in [-0.2, 0) is 19.0 Å². The molecular weight excluding hydrogens is 487 g/mol. The molecule has 1 aromatic carbocycles. The monoisotopic (exact) mass is 519 g/mol. The van der Waals surface area contributed by atoms with Gasteiger partial charge in [0.05, 0.1) is 5.56 Å². The molecule has 0 radical (unpaired) electrons. The fourth-order valence-electron chi connectivity index (χ4n) is 4.46. The summed E-state index contributed by atoms with van der Waals surface area (Å²) in [4.78, 5) is 14.0. The van der Waals surface area contributed by atoms with Crippen LogP contribution >= 0.6 is 0 Å². The molecule has 0 aliphatic carbocycles. The average Bonchev–Trinajstić information content (AvgIpc) is 2.72. The average molecular weight is 520 g/mol. The molecule has 0 saturated carbocycles. The maximum atomic E-state index is 13.3. The molecule has 2 heterocycles. The molecule has 2 aliphatic rings. The molecule has 1 amide bonds. The van der Waals surface area contributed by atoms with Crippen LogP contribution in [0.5, 0.6) is 5.75 Å². The first-order chi connectivity index (χ1) is 15.8. The second kappa shape index (κ2) is 8.60. The van der Waals surface area contributed by atoms with Gasteiger partial charge in [-0.1, -0.05) is 0 Å². The van der Waals surface area contributed by atoms with E-state index in [0.717, 1.165) is 11.1 Å². The number of benzene rings is 1. The second-order valence-electron chi connectivity index (χ2n) is 10.2. The first-order valence-electron chi connectivity index (χ1n) is 11.3. The summed E-state index contributed by atoms with van der Waals surface area (Å²) in [6, 6.07) is 0. The largest absolute Gasteiger partial charge is 0.534 e. The Morgan fingerprint density at radius 1 is 0.943 bits per heavy atom. The van der Waals surface area contributed by atoms with E-state index in [-0.39, 0.29) is 42.8 Å². The lowest BCUT2D eigenvalue weighted by Crippen LogP contribution is -2.52. The van der Waals surface area contributed by atoms with Gasteiger partial charge in [0.15, 0.2) is 5.76 Å². The van der Waals surface area contributed by atoms with Crippen molar-refractivity contribution >= 4 is 22.0 Å². The first-order valence-corrected chi connectivity index (χ1v) is 12.7. The van der Waals surface area contributed by atoms with Crippen LogP contribution in [0.3, 0.4) is 0 Å². The van der Waals surface area contributed by atoms with E-state index in [1.165, 1.54) is 11.8 Å². The summed E-state index contributed by atoms with van der Waals surface area (Å²) in [5.41, 5.74) is -4.00. The molecule has 0 aromatic heterocycles. The summed E-state index contributed by atoms with van der Waals surface area (Å²) >= 11 is 0. The number of hydrogen-bond donors (Lipinski definition) is 0. The van der Waals surface area contributed by atoms with Crippen molar-refractivity contribution in [3.63, 3.8) is 0 Å². The van der Waals surface area contributed by atoms with Crippen molar-refractivity contribution < 1.29 is 40.0 Å². The van der Waals surface area contributed by atoms with Gasteiger partial charge in [0, 0.05) is 31.5 Å². The van der Waals surface area contributed by atoms with E-state index in [9.17, 15) is 26.4 Å². The number of carbonyl (C=O) groups is 1. The number of rotatable bonds is 2. The third-order valence-corrected chi connectivity index (χ3v) is 7.83. The minimum absolute atomic E-state index is 0.205. The highest BCUT2D eigenvalue weighted by Gasteiger charge is 2.52. The highest BCUT2D eigenvalue weighted by atomic mass is 32.2. The van der Waals surface area contributed by atoms with Crippen LogP contribution in [0.2, 0.25) is 0 Å². The van der Waals surface area contributed by atoms with E-state index in [1.807, 2.05) is 13.8 Å². The van der Waals surface area contributed by atoms with Crippen LogP contribution in [0.25, 0.3) is 5.76 Å². The van der Waals surface area contributed by atoms with Crippen LogP contribution in [0.1, 0.15) is 68.4 Å². The van der Waals surface area contributed by atoms with E-state index >= 15 is 0 Å². The number of alkyl halides is 3. The van der Waals surface area contributed by atoms with Crippen molar-refractivity contribution in [2.45, 2.75) is 84.9 Å². The Kier molecular flexibility index (Phi) is 6.67. The third-order valence-electron chi connectivity index (χ3n) is 6.88. The molecule has 0 atom stereocenters. The Labute approximate surface area is 204 Å². The highest BCUT2D eigenvalue weighted by Crippen LogP contribution is 2.51. The second-order valence-corrected chi connectivity index (χ2v) is 11.7. The van der Waals surface area contributed by atoms with Crippen molar-refractivity contribution in [1.82, 2.24) is 4.90 Å². The zero-order valence-electron chi connectivity index (χ0n) is 21.3. The molecular formula is C24H32F3NO6S. The summed E-state index contributed by atoms with van der Waals surface area (Å²) in [6.07, 6.45) is -0.0521. The molecule has 0 N–H and O–H groups in total. The van der Waals surface area contributed by atoms with Crippen molar-refractivity contribution in [3.8, 4) is 5.75 Å². The predicted molar refractivity (Wildman–Crippen MR) is 124 cm³/mol. The minimum Gasteiger partial charge on any atom is -0.482 e. The number of hydrogen-bond acceptors (Lipinski definition) is 6. The number of carbonyl (C=O) groups excluding carboxylic acids is 1. The molecule has 0 bridgehead atoms. The number of piperidine rings is 1. The normalized spacial score (nSPS) is 18.3. The summed E-state index contributed by atoms with van der Waals surface area (Å²) in [5.74, 6) is -0.0627. The van der Waals surface area contributed by atoms with Crippen molar-refractivity contribution in [1.29, 1.82) is 0 Å². The van der Waals surface area contributed by atoms with Gasteiger partial charge in [0.25, 0.3) is 0 Å². The molecule has 11 heteroatoms. The molecule has 1 fully saturated rings. The molecule has 3 rings (SSSR count). The predicted octanol–water partition coefficient (Wildman–Crippen LogP) is 5.68. The smallest absolute Gasteiger partial charge is 0.482 e. The summed E-state index contributed by atoms with van der Waals surface area (Å²) in [6.45, 7) is 14.4. The molecule has 1 aromatic rings. The van der Waals surface area contributed by atoms with Crippen LogP contribution in [0, 0.1) is 27.7 Å². The summed E-state index contributed by atoms with van der Waals surface area (Å²) in [5, 5.41) is 0. The zero-order valence-corrected chi connectivity index (χ0v) is 22.1. The van der Waals surface area contributed by atoms with Gasteiger partial charge in [-0.3, -0.25) is 0 Å². The Morgan fingerprint density at radius 3 is 1.94 bits per heavy atom. The molecule has 0 unspecified atom stereocenters. The van der Waals surface area contributed by atoms with E-state index in [4.69, 9.17) is 13.7 Å². The zero-order chi connectivity index (χ0) is 26.7. The molecule has 196 valence electrons. The van der Waals surface area contributed by atoms with Crippen molar-refractivity contribution in [2.24, 2.45) is 0 Å². The van der Waals surface area contributed by atoms with Gasteiger partial charge in [-0.25, -0.2) is 4.79 Å². The highest BCUT2D eigenvalue weighted by molar-refractivity contribution is 7.87. The Bertz CT molecular complexity index is 1190. The van der Waals surface area contributed by atoms with Crippen LogP contribution < -0.4 is 4.74 Å². The molecule has 7 nitrogen and oxygen atoms in total. The van der Waals surface area contributed by atoms with Crippen molar-refractivity contribution in [3.05, 3.63) is 33.4 Å². The number of ether oxygens (including phenoxy) is 2. The van der Waals surface area contributed by atoms with Gasteiger partial charge in [-0.2, -0.15) is 21.6 Å². The number of fused-ring (bicyclic) bond motifs is 1. The Morgan fingerprint density at radius 2 is 1.46 bits per heavy atom. The van der Waals surface area contributed by atoms with Gasteiger partial charge in [0.1, 0.15) is 17.0 Å². The van der Waals surface area contributed by atoms with E-state index in [1.54, 1.807) is 34.6 Å². The lowest BCUT2D eigenvalue weighted by atomic mass is 9.79. The van der Waals surface area contributed by atoms with E-state index in [2.05, 4.69) is 0 Å². The third kappa shape index (κ3) is 4.83. The quantitative estimate of drug-likeness (QED) is 0.369. The maximum Gasteiger partial charge on any atom is 0.534 e. The molecule has 35 heavy (non-hydrogen) atoms. The lowest BCUT2D eigenvalue weighted by Gasteiger charge is -2.46. The maximum absolute atomic E-state index is 13.3. The fraction of sp³-hybridized carbons (Fsp3) is 0.625. The lowest BCUT2D eigenvalue weighted by molar-refractivity contribution is -0.0513. The number of amides is 1. The SMILES string of the molecule is CC1=C(OS(=O)(=O)C(F)(F)F)c2c(C)c(C)c(C)c(C)c2OC12CCN(C(=O)OC(C)(C)C)CC2. The van der Waals surface area contributed by atoms with E-state index < -0.39 is 32.9 Å². The minimum atomic E-state index is -5.92. The Hall–Kier alpha value is -2.43. The summed E-state index contributed by atoms with van der Waals surface area (Å²) in [7, 11) is -5.92. The number of nitrogens with zero attached hydrogens (tertiary/aromatic N) is 1. The van der Waals surface area contributed by atoms with Gasteiger partial charge in [0.2, 0.25) is 0 Å². The van der Waals surface area contributed by atoms with Gasteiger partial charge in [-0.05, 0) is 77.6 Å². The van der Waals surface area contributed by atoms with Gasteiger partial charge >= 0.3 is 21.7 Å². The standard InChI is InChI=1S/C24H32F3NO6S/c1-13-14(2)16(4)19-18(15(13)3)20(34-35(30,31)24(25,26)27)17(5)23(32-19)9-11-28(12-10-23)21(29)33-22(6,7)8/h9-12H2,1-8H3. The first kappa shape index (κ1) is 27.2. The number of halogens is 3. The number of likely N-dealkylation sites (tertiary alicyclic amines) is 1. The fourth-order valence-corrected chi connectivity index (χ4v) is 4.98. The summed E-state index contributed by atoms with van der Waals surface area (Å²) < 4.78 is 80.8. The molecule has 1 spiro atoms. The van der Waals surface area contributed by atoms with Crippen LogP contribution in [0.15, 0.2) is 5.57 Å². The topological polar surface area (TPSA) is 82.1 Å². The molecule has 2 aliphatic heterocycles. The van der Waals surface area contributed by atoms with Crippen LogP contribution in [-0.4, -0.2) is 49.2 Å².